The van der Waals surface area contributed by atoms with Gasteiger partial charge in [-0.25, -0.2) is 4.79 Å². The summed E-state index contributed by atoms with van der Waals surface area (Å²) in [6.07, 6.45) is 7.22. The molecule has 0 saturated carbocycles. The van der Waals surface area contributed by atoms with Crippen molar-refractivity contribution in [2.45, 2.75) is 39.2 Å². The number of furan rings is 1. The number of benzene rings is 2. The van der Waals surface area contributed by atoms with E-state index in [4.69, 9.17) is 13.9 Å². The lowest BCUT2D eigenvalue weighted by molar-refractivity contribution is 0.0197. The molecular weight excluding hydrogens is 470 g/mol. The summed E-state index contributed by atoms with van der Waals surface area (Å²) in [7, 11) is 1.61. The molecule has 0 bridgehead atoms. The smallest absolute Gasteiger partial charge is 0.410 e. The van der Waals surface area contributed by atoms with Crippen molar-refractivity contribution in [3.63, 3.8) is 0 Å². The summed E-state index contributed by atoms with van der Waals surface area (Å²) in [5.41, 5.74) is 3.09. The molecule has 192 valence electrons. The van der Waals surface area contributed by atoms with Crippen molar-refractivity contribution < 1.29 is 23.8 Å². The topological polar surface area (TPSA) is 96.9 Å². The Labute approximate surface area is 215 Å². The highest BCUT2D eigenvalue weighted by Crippen LogP contribution is 2.42. The first-order valence-corrected chi connectivity index (χ1v) is 12.4. The average Bonchev–Trinajstić information content (AvgIpc) is 3.43. The predicted molar refractivity (Wildman–Crippen MR) is 143 cm³/mol. The number of hydrogen-bond donors (Lipinski definition) is 1. The van der Waals surface area contributed by atoms with Gasteiger partial charge in [0.25, 0.3) is 0 Å². The van der Waals surface area contributed by atoms with Gasteiger partial charge in [0, 0.05) is 24.7 Å². The van der Waals surface area contributed by atoms with E-state index in [1.54, 1.807) is 24.2 Å². The van der Waals surface area contributed by atoms with Gasteiger partial charge >= 0.3 is 6.09 Å². The Bertz CT molecular complexity index is 1420. The Morgan fingerprint density at radius 1 is 1.14 bits per heavy atom. The molecule has 1 amide bonds. The number of piperidine rings is 1. The maximum Gasteiger partial charge on any atom is 0.410 e. The number of carbonyl (C=O) groups is 1. The predicted octanol–water partition coefficient (Wildman–Crippen LogP) is 7.40. The van der Waals surface area contributed by atoms with E-state index in [0.29, 0.717) is 47.2 Å². The van der Waals surface area contributed by atoms with Crippen molar-refractivity contribution in [2.24, 2.45) is 16.1 Å². The molecule has 2 aromatic carbocycles. The van der Waals surface area contributed by atoms with E-state index < -0.39 is 5.60 Å². The van der Waals surface area contributed by atoms with E-state index in [0.717, 1.165) is 29.7 Å². The number of methoxy groups -OCH3 is 1. The van der Waals surface area contributed by atoms with Crippen molar-refractivity contribution in [2.75, 3.05) is 20.2 Å². The molecule has 8 heteroatoms. The van der Waals surface area contributed by atoms with Crippen LogP contribution in [0.4, 0.5) is 10.5 Å². The number of likely N-dealkylation sites (tertiary alicyclic amines) is 1. The normalized spacial score (nSPS) is 17.2. The van der Waals surface area contributed by atoms with Gasteiger partial charge in [-0.3, -0.25) is 0 Å². The monoisotopic (exact) mass is 501 g/mol. The second-order valence-electron chi connectivity index (χ2n) is 10.3. The van der Waals surface area contributed by atoms with E-state index in [1.807, 2.05) is 57.2 Å². The summed E-state index contributed by atoms with van der Waals surface area (Å²) in [4.78, 5) is 14.1. The third-order valence-electron chi connectivity index (χ3n) is 6.52. The zero-order valence-corrected chi connectivity index (χ0v) is 21.5. The van der Waals surface area contributed by atoms with E-state index in [9.17, 15) is 9.90 Å². The molecule has 3 heterocycles. The SMILES string of the molecule is COc1ccc2c(O)c(C=C3N=Nc4ccccc43)oc2c1/C=C\C1CCN(C(=O)OC(C)(C)C)CC1. The fourth-order valence-corrected chi connectivity index (χ4v) is 4.61. The van der Waals surface area contributed by atoms with Gasteiger partial charge in [0.15, 0.2) is 11.5 Å². The second-order valence-corrected chi connectivity index (χ2v) is 10.3. The Kier molecular flexibility index (Phi) is 6.50. The average molecular weight is 502 g/mol. The standard InChI is InChI=1S/C29H31N3O5/c1-29(2,3)37-28(34)32-15-13-18(14-16-32)9-10-20-24(35-4)12-11-21-26(33)25(36-27(20)21)17-23-19-7-5-6-8-22(19)30-31-23/h5-12,17-18,33H,13-16H2,1-4H3/b10-9-,23-17?. The first kappa shape index (κ1) is 24.6. The van der Waals surface area contributed by atoms with Gasteiger partial charge in [0.1, 0.15) is 16.9 Å². The molecule has 0 spiro atoms. The molecule has 0 unspecified atom stereocenters. The molecule has 0 atom stereocenters. The molecular formula is C29H31N3O5. The Balaban J connectivity index is 1.38. The van der Waals surface area contributed by atoms with Crippen LogP contribution in [-0.4, -0.2) is 41.9 Å². The molecule has 3 aromatic rings. The number of fused-ring (bicyclic) bond motifs is 2. The second kappa shape index (κ2) is 9.76. The minimum Gasteiger partial charge on any atom is -0.504 e. The summed E-state index contributed by atoms with van der Waals surface area (Å²) in [5.74, 6) is 1.30. The van der Waals surface area contributed by atoms with Crippen LogP contribution in [-0.2, 0) is 4.74 Å². The van der Waals surface area contributed by atoms with Gasteiger partial charge in [-0.1, -0.05) is 30.4 Å². The fourth-order valence-electron chi connectivity index (χ4n) is 4.61. The van der Waals surface area contributed by atoms with Gasteiger partial charge in [-0.15, -0.1) is 10.2 Å². The lowest BCUT2D eigenvalue weighted by Gasteiger charge is -2.32. The first-order chi connectivity index (χ1) is 17.7. The van der Waals surface area contributed by atoms with Gasteiger partial charge in [0.2, 0.25) is 0 Å². The highest BCUT2D eigenvalue weighted by Gasteiger charge is 2.26. The van der Waals surface area contributed by atoms with Crippen molar-refractivity contribution in [3.8, 4) is 11.5 Å². The summed E-state index contributed by atoms with van der Waals surface area (Å²) in [6, 6.07) is 11.3. The lowest BCUT2D eigenvalue weighted by atomic mass is 9.95. The quantitative estimate of drug-likeness (QED) is 0.402. The maximum absolute atomic E-state index is 12.4. The van der Waals surface area contributed by atoms with Crippen LogP contribution in [0, 0.1) is 5.92 Å². The van der Waals surface area contributed by atoms with E-state index in [-0.39, 0.29) is 11.8 Å². The van der Waals surface area contributed by atoms with E-state index in [1.165, 1.54) is 0 Å². The zero-order chi connectivity index (χ0) is 26.2. The first-order valence-electron chi connectivity index (χ1n) is 12.4. The van der Waals surface area contributed by atoms with Crippen LogP contribution in [0.3, 0.4) is 0 Å². The van der Waals surface area contributed by atoms with Crippen LogP contribution < -0.4 is 4.74 Å². The van der Waals surface area contributed by atoms with Gasteiger partial charge < -0.3 is 23.9 Å². The Hall–Kier alpha value is -4.07. The van der Waals surface area contributed by atoms with Crippen molar-refractivity contribution >= 4 is 40.6 Å². The van der Waals surface area contributed by atoms with Crippen LogP contribution in [0.1, 0.15) is 50.5 Å². The number of amides is 1. The van der Waals surface area contributed by atoms with Crippen LogP contribution in [0.2, 0.25) is 0 Å². The summed E-state index contributed by atoms with van der Waals surface area (Å²) in [5, 5.41) is 20.0. The third-order valence-corrected chi connectivity index (χ3v) is 6.52. The van der Waals surface area contributed by atoms with Crippen molar-refractivity contribution in [1.82, 2.24) is 4.90 Å². The number of azo groups is 1. The summed E-state index contributed by atoms with van der Waals surface area (Å²) < 4.78 is 17.3. The Morgan fingerprint density at radius 2 is 1.89 bits per heavy atom. The largest absolute Gasteiger partial charge is 0.504 e. The molecule has 1 fully saturated rings. The van der Waals surface area contributed by atoms with Crippen LogP contribution in [0.15, 0.2) is 57.1 Å². The maximum atomic E-state index is 12.4. The molecule has 2 aliphatic heterocycles. The fraction of sp³-hybridized carbons (Fsp3) is 0.345. The van der Waals surface area contributed by atoms with Crippen LogP contribution in [0.25, 0.3) is 28.8 Å². The molecule has 37 heavy (non-hydrogen) atoms. The third kappa shape index (κ3) is 5.09. The molecule has 0 radical (unpaired) electrons. The minimum atomic E-state index is -0.504. The number of nitrogens with zero attached hydrogens (tertiary/aromatic N) is 3. The van der Waals surface area contributed by atoms with Crippen molar-refractivity contribution in [3.05, 3.63) is 59.4 Å². The number of aromatic hydroxyl groups is 1. The number of ether oxygens (including phenoxy) is 2. The van der Waals surface area contributed by atoms with Crippen LogP contribution in [0.5, 0.6) is 11.5 Å². The number of rotatable bonds is 4. The molecule has 1 saturated heterocycles. The van der Waals surface area contributed by atoms with Gasteiger partial charge in [-0.2, -0.15) is 0 Å². The molecule has 8 nitrogen and oxygen atoms in total. The van der Waals surface area contributed by atoms with Crippen LogP contribution >= 0.6 is 0 Å². The molecule has 0 aliphatic carbocycles. The van der Waals surface area contributed by atoms with Gasteiger partial charge in [0.05, 0.1) is 29.4 Å². The zero-order valence-electron chi connectivity index (χ0n) is 21.5. The van der Waals surface area contributed by atoms with Gasteiger partial charge in [-0.05, 0) is 57.7 Å². The molecule has 2 aliphatic rings. The lowest BCUT2D eigenvalue weighted by Crippen LogP contribution is -2.41. The van der Waals surface area contributed by atoms with E-state index >= 15 is 0 Å². The minimum absolute atomic E-state index is 0.0463. The molecule has 5 rings (SSSR count). The van der Waals surface area contributed by atoms with E-state index in [2.05, 4.69) is 16.3 Å². The highest BCUT2D eigenvalue weighted by atomic mass is 16.6. The number of allylic oxidation sites excluding steroid dienone is 1. The number of hydrogen-bond acceptors (Lipinski definition) is 7. The Morgan fingerprint density at radius 3 is 2.62 bits per heavy atom. The number of carbonyl (C=O) groups excluding carboxylic acids is 1. The molecule has 1 N–H and O–H groups in total. The molecule has 1 aromatic heterocycles. The van der Waals surface area contributed by atoms with Crippen molar-refractivity contribution in [1.29, 1.82) is 0 Å². The highest BCUT2D eigenvalue weighted by molar-refractivity contribution is 5.97. The summed E-state index contributed by atoms with van der Waals surface area (Å²) >= 11 is 0. The summed E-state index contributed by atoms with van der Waals surface area (Å²) in [6.45, 7) is 6.90.